The number of nitrogens with zero attached hydrogens (tertiary/aromatic N) is 1. The van der Waals surface area contributed by atoms with E-state index in [0.717, 1.165) is 16.3 Å². The van der Waals surface area contributed by atoms with Gasteiger partial charge >= 0.3 is 0 Å². The van der Waals surface area contributed by atoms with Crippen LogP contribution in [0.15, 0.2) is 23.6 Å². The van der Waals surface area contributed by atoms with E-state index in [-0.39, 0.29) is 12.7 Å². The van der Waals surface area contributed by atoms with E-state index >= 15 is 0 Å². The van der Waals surface area contributed by atoms with Gasteiger partial charge in [-0.2, -0.15) is 0 Å². The molecule has 0 fully saturated rings. The van der Waals surface area contributed by atoms with E-state index in [9.17, 15) is 4.79 Å². The number of benzene rings is 1. The van der Waals surface area contributed by atoms with E-state index in [1.165, 1.54) is 11.3 Å². The monoisotopic (exact) mass is 305 g/mol. The van der Waals surface area contributed by atoms with Crippen molar-refractivity contribution in [3.63, 3.8) is 0 Å². The molecule has 1 aromatic carbocycles. The SMILES string of the molecule is NCCc1nc(C(=O)NCc2ccc3c(c2)OCO3)cs1. The maximum atomic E-state index is 12.0. The average molecular weight is 305 g/mol. The first-order valence-electron chi connectivity index (χ1n) is 6.57. The Hall–Kier alpha value is -2.12. The number of nitrogens with one attached hydrogen (secondary N) is 1. The van der Waals surface area contributed by atoms with Gasteiger partial charge in [0, 0.05) is 18.3 Å². The van der Waals surface area contributed by atoms with Gasteiger partial charge in [-0.15, -0.1) is 11.3 Å². The molecule has 110 valence electrons. The van der Waals surface area contributed by atoms with Crippen molar-refractivity contribution in [1.29, 1.82) is 0 Å². The minimum atomic E-state index is -0.188. The molecule has 3 rings (SSSR count). The molecule has 7 heteroatoms. The highest BCUT2D eigenvalue weighted by molar-refractivity contribution is 7.09. The zero-order chi connectivity index (χ0) is 14.7. The largest absolute Gasteiger partial charge is 0.454 e. The highest BCUT2D eigenvalue weighted by Crippen LogP contribution is 2.32. The summed E-state index contributed by atoms with van der Waals surface area (Å²) in [4.78, 5) is 16.3. The van der Waals surface area contributed by atoms with Crippen LogP contribution in [-0.2, 0) is 13.0 Å². The summed E-state index contributed by atoms with van der Waals surface area (Å²) in [5.74, 6) is 1.25. The number of rotatable bonds is 5. The van der Waals surface area contributed by atoms with Crippen LogP contribution in [0, 0.1) is 0 Å². The molecule has 0 aliphatic carbocycles. The van der Waals surface area contributed by atoms with Gasteiger partial charge in [0.1, 0.15) is 5.69 Å². The number of hydrogen-bond acceptors (Lipinski definition) is 6. The molecule has 0 saturated heterocycles. The smallest absolute Gasteiger partial charge is 0.271 e. The maximum Gasteiger partial charge on any atom is 0.271 e. The molecule has 0 saturated carbocycles. The zero-order valence-corrected chi connectivity index (χ0v) is 12.1. The lowest BCUT2D eigenvalue weighted by Gasteiger charge is -2.04. The van der Waals surface area contributed by atoms with Crippen LogP contribution in [-0.4, -0.2) is 24.2 Å². The fourth-order valence-corrected chi connectivity index (χ4v) is 2.77. The number of thiazole rings is 1. The van der Waals surface area contributed by atoms with Crippen LogP contribution in [0.5, 0.6) is 11.5 Å². The van der Waals surface area contributed by atoms with Crippen molar-refractivity contribution in [2.75, 3.05) is 13.3 Å². The second-order valence-electron chi connectivity index (χ2n) is 4.54. The van der Waals surface area contributed by atoms with E-state index in [2.05, 4.69) is 10.3 Å². The highest BCUT2D eigenvalue weighted by Gasteiger charge is 2.14. The summed E-state index contributed by atoms with van der Waals surface area (Å²) >= 11 is 1.45. The molecule has 0 unspecified atom stereocenters. The Bertz CT molecular complexity index is 657. The quantitative estimate of drug-likeness (QED) is 0.869. The molecule has 0 bridgehead atoms. The van der Waals surface area contributed by atoms with E-state index < -0.39 is 0 Å². The summed E-state index contributed by atoms with van der Waals surface area (Å²) in [5, 5.41) is 5.47. The summed E-state index contributed by atoms with van der Waals surface area (Å²) in [7, 11) is 0. The first kappa shape index (κ1) is 13.8. The zero-order valence-electron chi connectivity index (χ0n) is 11.3. The van der Waals surface area contributed by atoms with Gasteiger partial charge in [-0.3, -0.25) is 4.79 Å². The molecule has 0 atom stereocenters. The van der Waals surface area contributed by atoms with Crippen molar-refractivity contribution < 1.29 is 14.3 Å². The molecule has 2 aromatic rings. The first-order chi connectivity index (χ1) is 10.3. The Labute approximate surface area is 125 Å². The Kier molecular flexibility index (Phi) is 4.03. The third kappa shape index (κ3) is 3.14. The molecule has 1 aliphatic heterocycles. The summed E-state index contributed by atoms with van der Waals surface area (Å²) in [5.41, 5.74) is 6.85. The number of carbonyl (C=O) groups excluding carboxylic acids is 1. The predicted octanol–water partition coefficient (Wildman–Crippen LogP) is 1.30. The molecule has 1 aromatic heterocycles. The number of hydrogen-bond donors (Lipinski definition) is 2. The third-order valence-electron chi connectivity index (χ3n) is 3.03. The van der Waals surface area contributed by atoms with Crippen LogP contribution in [0.4, 0.5) is 0 Å². The Balaban J connectivity index is 1.60. The molecular weight excluding hydrogens is 290 g/mol. The van der Waals surface area contributed by atoms with Crippen LogP contribution in [0.3, 0.4) is 0 Å². The van der Waals surface area contributed by atoms with E-state index in [1.807, 2.05) is 18.2 Å². The molecule has 0 spiro atoms. The van der Waals surface area contributed by atoms with Crippen LogP contribution in [0.25, 0.3) is 0 Å². The van der Waals surface area contributed by atoms with Crippen molar-refractivity contribution in [2.45, 2.75) is 13.0 Å². The molecule has 2 heterocycles. The Morgan fingerprint density at radius 1 is 1.38 bits per heavy atom. The minimum absolute atomic E-state index is 0.188. The van der Waals surface area contributed by atoms with Gasteiger partial charge < -0.3 is 20.5 Å². The number of nitrogens with two attached hydrogens (primary N) is 1. The molecule has 6 nitrogen and oxygen atoms in total. The molecule has 21 heavy (non-hydrogen) atoms. The highest BCUT2D eigenvalue weighted by atomic mass is 32.1. The lowest BCUT2D eigenvalue weighted by Crippen LogP contribution is -2.23. The predicted molar refractivity (Wildman–Crippen MR) is 78.6 cm³/mol. The molecule has 3 N–H and O–H groups in total. The van der Waals surface area contributed by atoms with Gasteiger partial charge in [0.15, 0.2) is 11.5 Å². The van der Waals surface area contributed by atoms with Gasteiger partial charge in [0.05, 0.1) is 5.01 Å². The van der Waals surface area contributed by atoms with Gasteiger partial charge in [0.25, 0.3) is 5.91 Å². The maximum absolute atomic E-state index is 12.0. The van der Waals surface area contributed by atoms with E-state index in [0.29, 0.717) is 31.0 Å². The second-order valence-corrected chi connectivity index (χ2v) is 5.48. The minimum Gasteiger partial charge on any atom is -0.454 e. The fourth-order valence-electron chi connectivity index (χ4n) is 1.98. The first-order valence-corrected chi connectivity index (χ1v) is 7.45. The topological polar surface area (TPSA) is 86.5 Å². The number of amides is 1. The summed E-state index contributed by atoms with van der Waals surface area (Å²) in [6.07, 6.45) is 0.695. The van der Waals surface area contributed by atoms with Crippen LogP contribution in [0.2, 0.25) is 0 Å². The standard InChI is InChI=1S/C14H15N3O3S/c15-4-3-13-17-10(7-21-13)14(18)16-6-9-1-2-11-12(5-9)20-8-19-11/h1-2,5,7H,3-4,6,8,15H2,(H,16,18). The Morgan fingerprint density at radius 2 is 2.24 bits per heavy atom. The number of fused-ring (bicyclic) bond motifs is 1. The van der Waals surface area contributed by atoms with E-state index in [4.69, 9.17) is 15.2 Å². The van der Waals surface area contributed by atoms with E-state index in [1.54, 1.807) is 5.38 Å². The lowest BCUT2D eigenvalue weighted by molar-refractivity contribution is 0.0946. The molecular formula is C14H15N3O3S. The Morgan fingerprint density at radius 3 is 3.10 bits per heavy atom. The van der Waals surface area contributed by atoms with Crippen LogP contribution in [0.1, 0.15) is 21.1 Å². The lowest BCUT2D eigenvalue weighted by atomic mass is 10.2. The number of aromatic nitrogens is 1. The fraction of sp³-hybridized carbons (Fsp3) is 0.286. The van der Waals surface area contributed by atoms with Gasteiger partial charge in [-0.05, 0) is 24.2 Å². The van der Waals surface area contributed by atoms with Crippen molar-refractivity contribution in [2.24, 2.45) is 5.73 Å². The van der Waals surface area contributed by atoms with Crippen molar-refractivity contribution in [1.82, 2.24) is 10.3 Å². The summed E-state index contributed by atoms with van der Waals surface area (Å²) < 4.78 is 10.5. The second kappa shape index (κ2) is 6.11. The number of ether oxygens (including phenoxy) is 2. The summed E-state index contributed by atoms with van der Waals surface area (Å²) in [6, 6.07) is 5.60. The van der Waals surface area contributed by atoms with Crippen LogP contribution >= 0.6 is 11.3 Å². The molecule has 1 amide bonds. The molecule has 1 aliphatic rings. The third-order valence-corrected chi connectivity index (χ3v) is 3.94. The van der Waals surface area contributed by atoms with Crippen molar-refractivity contribution in [3.8, 4) is 11.5 Å². The van der Waals surface area contributed by atoms with Gasteiger partial charge in [-0.1, -0.05) is 6.07 Å². The number of carbonyl (C=O) groups is 1. The van der Waals surface area contributed by atoms with Gasteiger partial charge in [0.2, 0.25) is 6.79 Å². The average Bonchev–Trinajstić information content (AvgIpc) is 3.13. The van der Waals surface area contributed by atoms with Crippen molar-refractivity contribution >= 4 is 17.2 Å². The summed E-state index contributed by atoms with van der Waals surface area (Å²) in [6.45, 7) is 1.19. The normalized spacial score (nSPS) is 12.4. The van der Waals surface area contributed by atoms with Gasteiger partial charge in [-0.25, -0.2) is 4.98 Å². The van der Waals surface area contributed by atoms with Crippen molar-refractivity contribution in [3.05, 3.63) is 39.8 Å². The molecule has 0 radical (unpaired) electrons. The van der Waals surface area contributed by atoms with Crippen LogP contribution < -0.4 is 20.5 Å².